The van der Waals surface area contributed by atoms with Crippen molar-refractivity contribution in [2.75, 3.05) is 5.73 Å². The van der Waals surface area contributed by atoms with Crippen LogP contribution in [0.15, 0.2) is 30.5 Å². The fraction of sp³-hybridized carbons (Fsp3) is 0. The maximum absolute atomic E-state index is 9.38. The predicted octanol–water partition coefficient (Wildman–Crippen LogP) is 1.52. The first-order chi connectivity index (χ1) is 5.79. The number of nitrogens with two attached hydrogens (primary N) is 1. The van der Waals surface area contributed by atoms with Gasteiger partial charge in [0.25, 0.3) is 0 Å². The molecule has 3 N–H and O–H groups in total. The molecular weight excluding hydrogens is 152 g/mol. The maximum atomic E-state index is 9.38. The van der Waals surface area contributed by atoms with Crippen LogP contribution in [0.2, 0.25) is 0 Å². The lowest BCUT2D eigenvalue weighted by Gasteiger charge is -2.01. The number of para-hydroxylation sites is 1. The number of fused-ring (bicyclic) bond motifs is 1. The van der Waals surface area contributed by atoms with Crippen molar-refractivity contribution < 1.29 is 5.11 Å². The molecule has 0 bridgehead atoms. The zero-order chi connectivity index (χ0) is 8.55. The molecule has 0 fully saturated rings. The number of anilines is 1. The van der Waals surface area contributed by atoms with Crippen molar-refractivity contribution in [1.29, 1.82) is 0 Å². The van der Waals surface area contributed by atoms with Crippen molar-refractivity contribution in [3.8, 4) is 5.75 Å². The van der Waals surface area contributed by atoms with E-state index < -0.39 is 0 Å². The molecule has 0 aliphatic carbocycles. The quantitative estimate of drug-likeness (QED) is 0.614. The number of aromatic nitrogens is 1. The fourth-order valence-electron chi connectivity index (χ4n) is 1.18. The van der Waals surface area contributed by atoms with Gasteiger partial charge < -0.3 is 10.8 Å². The molecule has 0 radical (unpaired) electrons. The standard InChI is InChI=1S/C9H8N2O/c10-7-4-5-11-9-6(7)2-1-3-8(9)12/h1-5,12H,(H2,10,11). The second-order valence-corrected chi connectivity index (χ2v) is 2.57. The van der Waals surface area contributed by atoms with Gasteiger partial charge in [0.15, 0.2) is 0 Å². The molecule has 2 rings (SSSR count). The summed E-state index contributed by atoms with van der Waals surface area (Å²) in [4.78, 5) is 4.01. The summed E-state index contributed by atoms with van der Waals surface area (Å²) in [5, 5.41) is 10.2. The molecule has 0 saturated heterocycles. The average Bonchev–Trinajstić information content (AvgIpc) is 2.07. The van der Waals surface area contributed by atoms with Crippen LogP contribution < -0.4 is 5.73 Å². The number of rotatable bonds is 0. The van der Waals surface area contributed by atoms with Gasteiger partial charge in [-0.1, -0.05) is 12.1 Å². The van der Waals surface area contributed by atoms with Crippen molar-refractivity contribution in [3.05, 3.63) is 30.5 Å². The van der Waals surface area contributed by atoms with Gasteiger partial charge in [-0.25, -0.2) is 0 Å². The smallest absolute Gasteiger partial charge is 0.141 e. The average molecular weight is 160 g/mol. The first-order valence-electron chi connectivity index (χ1n) is 3.61. The zero-order valence-corrected chi connectivity index (χ0v) is 6.36. The van der Waals surface area contributed by atoms with Gasteiger partial charge in [-0.05, 0) is 12.1 Å². The highest BCUT2D eigenvalue weighted by atomic mass is 16.3. The summed E-state index contributed by atoms with van der Waals surface area (Å²) in [6.45, 7) is 0. The van der Waals surface area contributed by atoms with Crippen molar-refractivity contribution in [2.45, 2.75) is 0 Å². The molecular formula is C9H8N2O. The Morgan fingerprint density at radius 1 is 1.25 bits per heavy atom. The van der Waals surface area contributed by atoms with Gasteiger partial charge in [-0.15, -0.1) is 0 Å². The van der Waals surface area contributed by atoms with Gasteiger partial charge in [0, 0.05) is 17.3 Å². The molecule has 1 aromatic heterocycles. The van der Waals surface area contributed by atoms with Crippen LogP contribution in [-0.2, 0) is 0 Å². The van der Waals surface area contributed by atoms with Gasteiger partial charge in [-0.2, -0.15) is 0 Å². The highest BCUT2D eigenvalue weighted by molar-refractivity contribution is 5.93. The minimum absolute atomic E-state index is 0.166. The maximum Gasteiger partial charge on any atom is 0.141 e. The number of nitrogen functional groups attached to an aromatic ring is 1. The summed E-state index contributed by atoms with van der Waals surface area (Å²) in [7, 11) is 0. The van der Waals surface area contributed by atoms with Crippen LogP contribution in [-0.4, -0.2) is 10.1 Å². The van der Waals surface area contributed by atoms with Crippen LogP contribution in [0.5, 0.6) is 5.75 Å². The molecule has 1 aromatic carbocycles. The molecule has 0 atom stereocenters. The Labute approximate surface area is 69.5 Å². The molecule has 0 amide bonds. The van der Waals surface area contributed by atoms with E-state index in [2.05, 4.69) is 4.98 Å². The first-order valence-corrected chi connectivity index (χ1v) is 3.61. The third-order valence-electron chi connectivity index (χ3n) is 1.78. The van der Waals surface area contributed by atoms with E-state index in [0.29, 0.717) is 11.2 Å². The highest BCUT2D eigenvalue weighted by Gasteiger charge is 2.01. The first kappa shape index (κ1) is 6.91. The van der Waals surface area contributed by atoms with Gasteiger partial charge in [0.05, 0.1) is 0 Å². The Bertz CT molecular complexity index is 385. The van der Waals surface area contributed by atoms with Gasteiger partial charge >= 0.3 is 0 Å². The Hall–Kier alpha value is -1.77. The zero-order valence-electron chi connectivity index (χ0n) is 6.36. The van der Waals surface area contributed by atoms with E-state index in [9.17, 15) is 5.11 Å². The van der Waals surface area contributed by atoms with E-state index in [4.69, 9.17) is 5.73 Å². The van der Waals surface area contributed by atoms with Crippen LogP contribution in [0, 0.1) is 0 Å². The van der Waals surface area contributed by atoms with Crippen LogP contribution in [0.4, 0.5) is 5.69 Å². The summed E-state index contributed by atoms with van der Waals surface area (Å²) in [6.07, 6.45) is 1.58. The third kappa shape index (κ3) is 0.871. The molecule has 0 spiro atoms. The van der Waals surface area contributed by atoms with E-state index in [0.717, 1.165) is 5.39 Å². The Balaban J connectivity index is 2.94. The van der Waals surface area contributed by atoms with E-state index >= 15 is 0 Å². The normalized spacial score (nSPS) is 10.3. The number of pyridine rings is 1. The molecule has 60 valence electrons. The summed E-state index contributed by atoms with van der Waals surface area (Å²) in [5.74, 6) is 0.166. The Morgan fingerprint density at radius 3 is 2.83 bits per heavy atom. The SMILES string of the molecule is Nc1ccnc2c(O)cccc12. The number of aromatic hydroxyl groups is 1. The third-order valence-corrected chi connectivity index (χ3v) is 1.78. The van der Waals surface area contributed by atoms with Gasteiger partial charge in [0.1, 0.15) is 11.3 Å². The van der Waals surface area contributed by atoms with Crippen LogP contribution >= 0.6 is 0 Å². The van der Waals surface area contributed by atoms with Crippen molar-refractivity contribution in [3.63, 3.8) is 0 Å². The van der Waals surface area contributed by atoms with Crippen molar-refractivity contribution in [1.82, 2.24) is 4.98 Å². The number of phenols is 1. The molecule has 2 aromatic rings. The summed E-state index contributed by atoms with van der Waals surface area (Å²) < 4.78 is 0. The lowest BCUT2D eigenvalue weighted by molar-refractivity contribution is 0.480. The summed E-state index contributed by atoms with van der Waals surface area (Å²) >= 11 is 0. The summed E-state index contributed by atoms with van der Waals surface area (Å²) in [5.41, 5.74) is 6.86. The van der Waals surface area contributed by atoms with Crippen LogP contribution in [0.3, 0.4) is 0 Å². The molecule has 0 aliphatic heterocycles. The number of benzene rings is 1. The summed E-state index contributed by atoms with van der Waals surface area (Å²) in [6, 6.07) is 6.88. The molecule has 0 unspecified atom stereocenters. The Morgan fingerprint density at radius 2 is 2.08 bits per heavy atom. The monoisotopic (exact) mass is 160 g/mol. The Kier molecular flexibility index (Phi) is 1.37. The van der Waals surface area contributed by atoms with E-state index in [1.165, 1.54) is 0 Å². The number of phenolic OH excluding ortho intramolecular Hbond substituents is 1. The molecule has 0 saturated carbocycles. The minimum Gasteiger partial charge on any atom is -0.506 e. The molecule has 12 heavy (non-hydrogen) atoms. The second kappa shape index (κ2) is 2.37. The van der Waals surface area contributed by atoms with E-state index in [1.807, 2.05) is 6.07 Å². The predicted molar refractivity (Wildman–Crippen MR) is 47.8 cm³/mol. The van der Waals surface area contributed by atoms with Gasteiger partial charge in [-0.3, -0.25) is 4.98 Å². The molecule has 0 aliphatic rings. The fourth-order valence-corrected chi connectivity index (χ4v) is 1.18. The van der Waals surface area contributed by atoms with Gasteiger partial charge in [0.2, 0.25) is 0 Å². The second-order valence-electron chi connectivity index (χ2n) is 2.57. The van der Waals surface area contributed by atoms with Crippen LogP contribution in [0.1, 0.15) is 0 Å². The van der Waals surface area contributed by atoms with E-state index in [-0.39, 0.29) is 5.75 Å². The number of hydrogen-bond acceptors (Lipinski definition) is 3. The van der Waals surface area contributed by atoms with Crippen molar-refractivity contribution in [2.24, 2.45) is 0 Å². The number of hydrogen-bond donors (Lipinski definition) is 2. The lowest BCUT2D eigenvalue weighted by atomic mass is 10.2. The molecule has 1 heterocycles. The largest absolute Gasteiger partial charge is 0.506 e. The topological polar surface area (TPSA) is 59.1 Å². The van der Waals surface area contributed by atoms with Crippen LogP contribution in [0.25, 0.3) is 10.9 Å². The minimum atomic E-state index is 0.166. The van der Waals surface area contributed by atoms with Crippen molar-refractivity contribution >= 4 is 16.6 Å². The van der Waals surface area contributed by atoms with E-state index in [1.54, 1.807) is 24.4 Å². The number of nitrogens with zero attached hydrogens (tertiary/aromatic N) is 1. The highest BCUT2D eigenvalue weighted by Crippen LogP contribution is 2.25. The molecule has 3 nitrogen and oxygen atoms in total. The molecule has 3 heteroatoms. The lowest BCUT2D eigenvalue weighted by Crippen LogP contribution is -1.88.